The second-order valence-electron chi connectivity index (χ2n) is 3.53. The lowest BCUT2D eigenvalue weighted by Gasteiger charge is -2.09. The van der Waals surface area contributed by atoms with Gasteiger partial charge in [0.15, 0.2) is 0 Å². The van der Waals surface area contributed by atoms with E-state index >= 15 is 0 Å². The summed E-state index contributed by atoms with van der Waals surface area (Å²) >= 11 is 5.50. The highest BCUT2D eigenvalue weighted by Gasteiger charge is 2.35. The zero-order valence-corrected chi connectivity index (χ0v) is 9.93. The SMILES string of the molecule is Fc1ccc(Nc2cc(Cl)nc(C(F)(F)F)n2)cc1. The molecule has 100 valence electrons. The van der Waals surface area contributed by atoms with Crippen LogP contribution in [0.5, 0.6) is 0 Å². The van der Waals surface area contributed by atoms with E-state index in [9.17, 15) is 17.6 Å². The maximum absolute atomic E-state index is 12.7. The van der Waals surface area contributed by atoms with Gasteiger partial charge in [-0.3, -0.25) is 0 Å². The van der Waals surface area contributed by atoms with E-state index in [4.69, 9.17) is 11.6 Å². The van der Waals surface area contributed by atoms with E-state index in [1.165, 1.54) is 12.1 Å². The van der Waals surface area contributed by atoms with Crippen LogP contribution in [0.25, 0.3) is 0 Å². The lowest BCUT2D eigenvalue weighted by molar-refractivity contribution is -0.144. The van der Waals surface area contributed by atoms with Gasteiger partial charge in [0.1, 0.15) is 16.8 Å². The molecule has 1 aromatic carbocycles. The van der Waals surface area contributed by atoms with Gasteiger partial charge >= 0.3 is 6.18 Å². The van der Waals surface area contributed by atoms with Gasteiger partial charge in [0.25, 0.3) is 0 Å². The molecular weight excluding hydrogens is 286 g/mol. The average Bonchev–Trinajstić information content (AvgIpc) is 2.30. The average molecular weight is 292 g/mol. The van der Waals surface area contributed by atoms with E-state index in [2.05, 4.69) is 15.3 Å². The maximum Gasteiger partial charge on any atom is 0.451 e. The molecule has 0 atom stereocenters. The van der Waals surface area contributed by atoms with Gasteiger partial charge in [-0.05, 0) is 24.3 Å². The van der Waals surface area contributed by atoms with Gasteiger partial charge < -0.3 is 5.32 Å². The minimum atomic E-state index is -4.69. The summed E-state index contributed by atoms with van der Waals surface area (Å²) in [7, 11) is 0. The van der Waals surface area contributed by atoms with Crippen LogP contribution in [0.4, 0.5) is 29.1 Å². The Hall–Kier alpha value is -1.89. The van der Waals surface area contributed by atoms with Crippen LogP contribution in [0.2, 0.25) is 5.15 Å². The fourth-order valence-electron chi connectivity index (χ4n) is 1.29. The smallest absolute Gasteiger partial charge is 0.340 e. The molecule has 0 saturated heterocycles. The standard InChI is InChI=1S/C11H6ClF4N3/c12-8-5-9(19-10(18-8)11(14,15)16)17-7-3-1-6(13)2-4-7/h1-5H,(H,17,18,19). The fourth-order valence-corrected chi connectivity index (χ4v) is 1.47. The number of nitrogens with one attached hydrogen (secondary N) is 1. The lowest BCUT2D eigenvalue weighted by atomic mass is 10.3. The molecule has 0 bridgehead atoms. The lowest BCUT2D eigenvalue weighted by Crippen LogP contribution is -2.12. The number of alkyl halides is 3. The van der Waals surface area contributed by atoms with E-state index in [-0.39, 0.29) is 11.0 Å². The summed E-state index contributed by atoms with van der Waals surface area (Å²) in [5, 5.41) is 2.24. The molecule has 0 amide bonds. The summed E-state index contributed by atoms with van der Waals surface area (Å²) in [5.74, 6) is -1.93. The van der Waals surface area contributed by atoms with E-state index in [0.717, 1.165) is 18.2 Å². The number of benzene rings is 1. The van der Waals surface area contributed by atoms with E-state index < -0.39 is 17.8 Å². The third-order valence-electron chi connectivity index (χ3n) is 2.07. The first-order valence-electron chi connectivity index (χ1n) is 4.99. The van der Waals surface area contributed by atoms with Crippen LogP contribution in [-0.4, -0.2) is 9.97 Å². The third-order valence-corrected chi connectivity index (χ3v) is 2.26. The van der Waals surface area contributed by atoms with Crippen LogP contribution in [-0.2, 0) is 6.18 Å². The molecule has 0 spiro atoms. The van der Waals surface area contributed by atoms with Crippen LogP contribution < -0.4 is 5.32 Å². The molecule has 1 heterocycles. The Kier molecular flexibility index (Phi) is 3.57. The molecule has 8 heteroatoms. The van der Waals surface area contributed by atoms with Gasteiger partial charge in [0, 0.05) is 11.8 Å². The molecule has 0 aliphatic carbocycles. The summed E-state index contributed by atoms with van der Waals surface area (Å²) in [4.78, 5) is 6.39. The van der Waals surface area contributed by atoms with Gasteiger partial charge in [-0.1, -0.05) is 11.6 Å². The van der Waals surface area contributed by atoms with E-state index in [1.54, 1.807) is 0 Å². The largest absolute Gasteiger partial charge is 0.451 e. The summed E-state index contributed by atoms with van der Waals surface area (Å²) in [6, 6.07) is 6.18. The van der Waals surface area contributed by atoms with Gasteiger partial charge in [0.05, 0.1) is 0 Å². The molecule has 1 aromatic heterocycles. The number of halogens is 5. The third kappa shape index (κ3) is 3.54. The monoisotopic (exact) mass is 291 g/mol. The Labute approximate surface area is 110 Å². The van der Waals surface area contributed by atoms with Crippen molar-refractivity contribution in [3.63, 3.8) is 0 Å². The summed E-state index contributed by atoms with van der Waals surface area (Å²) in [6.45, 7) is 0. The number of hydrogen-bond acceptors (Lipinski definition) is 3. The van der Waals surface area contributed by atoms with Gasteiger partial charge in [-0.2, -0.15) is 13.2 Å². The molecule has 0 aliphatic rings. The van der Waals surface area contributed by atoms with Crippen LogP contribution in [0.15, 0.2) is 30.3 Å². The van der Waals surface area contributed by atoms with Crippen molar-refractivity contribution in [3.05, 3.63) is 47.1 Å². The first kappa shape index (κ1) is 13.5. The molecule has 2 aromatic rings. The predicted octanol–water partition coefficient (Wildman–Crippen LogP) is 4.03. The second kappa shape index (κ2) is 5.00. The van der Waals surface area contributed by atoms with Crippen LogP contribution in [0.1, 0.15) is 5.82 Å². The zero-order valence-electron chi connectivity index (χ0n) is 9.17. The highest BCUT2D eigenvalue weighted by atomic mass is 35.5. The molecular formula is C11H6ClF4N3. The van der Waals surface area contributed by atoms with Crippen molar-refractivity contribution in [1.82, 2.24) is 9.97 Å². The molecule has 0 fully saturated rings. The first-order valence-corrected chi connectivity index (χ1v) is 5.37. The van der Waals surface area contributed by atoms with Crippen molar-refractivity contribution in [3.8, 4) is 0 Å². The van der Waals surface area contributed by atoms with Crippen molar-refractivity contribution in [1.29, 1.82) is 0 Å². The van der Waals surface area contributed by atoms with Gasteiger partial charge in [-0.25, -0.2) is 14.4 Å². The highest BCUT2D eigenvalue weighted by molar-refractivity contribution is 6.29. The first-order chi connectivity index (χ1) is 8.84. The molecule has 0 aliphatic heterocycles. The minimum Gasteiger partial charge on any atom is -0.340 e. The molecule has 1 N–H and O–H groups in total. The Morgan fingerprint density at radius 2 is 1.68 bits per heavy atom. The highest BCUT2D eigenvalue weighted by Crippen LogP contribution is 2.29. The number of aromatic nitrogens is 2. The molecule has 19 heavy (non-hydrogen) atoms. The minimum absolute atomic E-state index is 0.126. The predicted molar refractivity (Wildman–Crippen MR) is 61.7 cm³/mol. The molecule has 0 unspecified atom stereocenters. The molecule has 2 rings (SSSR count). The van der Waals surface area contributed by atoms with Crippen LogP contribution >= 0.6 is 11.6 Å². The second-order valence-corrected chi connectivity index (χ2v) is 3.92. The Bertz CT molecular complexity index is 583. The van der Waals surface area contributed by atoms with Crippen molar-refractivity contribution in [2.45, 2.75) is 6.18 Å². The molecule has 3 nitrogen and oxygen atoms in total. The fraction of sp³-hybridized carbons (Fsp3) is 0.0909. The van der Waals surface area contributed by atoms with Gasteiger partial charge in [-0.15, -0.1) is 0 Å². The van der Waals surface area contributed by atoms with E-state index in [0.29, 0.717) is 5.69 Å². The van der Waals surface area contributed by atoms with Crippen molar-refractivity contribution in [2.24, 2.45) is 0 Å². The Morgan fingerprint density at radius 3 is 2.26 bits per heavy atom. The Morgan fingerprint density at radius 1 is 1.05 bits per heavy atom. The maximum atomic E-state index is 12.7. The van der Waals surface area contributed by atoms with Crippen molar-refractivity contribution < 1.29 is 17.6 Å². The normalized spacial score (nSPS) is 11.4. The number of hydrogen-bond donors (Lipinski definition) is 1. The number of anilines is 2. The van der Waals surface area contributed by atoms with E-state index in [1.807, 2.05) is 0 Å². The summed E-state index contributed by atoms with van der Waals surface area (Å²) in [6.07, 6.45) is -4.69. The van der Waals surface area contributed by atoms with Crippen molar-refractivity contribution >= 4 is 23.1 Å². The van der Waals surface area contributed by atoms with Crippen LogP contribution in [0, 0.1) is 5.82 Å². The quantitative estimate of drug-likeness (QED) is 0.670. The zero-order chi connectivity index (χ0) is 14.0. The Balaban J connectivity index is 2.30. The summed E-state index contributed by atoms with van der Waals surface area (Å²) in [5.41, 5.74) is 0.379. The molecule has 0 saturated carbocycles. The summed E-state index contributed by atoms with van der Waals surface area (Å²) < 4.78 is 50.1. The topological polar surface area (TPSA) is 37.8 Å². The number of rotatable bonds is 2. The number of nitrogens with zero attached hydrogens (tertiary/aromatic N) is 2. The van der Waals surface area contributed by atoms with Crippen molar-refractivity contribution in [2.75, 3.05) is 5.32 Å². The van der Waals surface area contributed by atoms with Gasteiger partial charge in [0.2, 0.25) is 5.82 Å². The molecule has 0 radical (unpaired) electrons. The van der Waals surface area contributed by atoms with Crippen LogP contribution in [0.3, 0.4) is 0 Å².